The van der Waals surface area contributed by atoms with Gasteiger partial charge in [0, 0.05) is 11.9 Å². The monoisotopic (exact) mass is 354 g/mol. The number of hydrogen-bond acceptors (Lipinski definition) is 3. The first-order chi connectivity index (χ1) is 10.5. The van der Waals surface area contributed by atoms with Gasteiger partial charge in [0.2, 0.25) is 0 Å². The molecule has 0 atom stereocenters. The van der Waals surface area contributed by atoms with Crippen molar-refractivity contribution in [1.29, 1.82) is 0 Å². The molecule has 0 radical (unpaired) electrons. The van der Waals surface area contributed by atoms with Crippen LogP contribution in [0.5, 0.6) is 0 Å². The Hall–Kier alpha value is -1.97. The van der Waals surface area contributed by atoms with Crippen LogP contribution in [-0.2, 0) is 19.4 Å². The van der Waals surface area contributed by atoms with Crippen LogP contribution in [0.1, 0.15) is 21.6 Å². The van der Waals surface area contributed by atoms with Crippen molar-refractivity contribution in [2.24, 2.45) is 7.05 Å². The van der Waals surface area contributed by atoms with Crippen molar-refractivity contribution < 1.29 is 31.1 Å². The number of hydrogen-bond donors (Lipinski definition) is 0. The molecule has 0 fully saturated rings. The lowest BCUT2D eigenvalue weighted by Gasteiger charge is -2.09. The van der Waals surface area contributed by atoms with Crippen molar-refractivity contribution in [1.82, 2.24) is 9.78 Å². The van der Waals surface area contributed by atoms with E-state index in [9.17, 15) is 31.1 Å². The first-order valence-electron chi connectivity index (χ1n) is 5.98. The molecule has 0 aliphatic carbocycles. The predicted octanol–water partition coefficient (Wildman–Crippen LogP) is 4.42. The maximum absolute atomic E-state index is 12.8. The number of rotatable bonds is 3. The Balaban J connectivity index is 2.45. The van der Waals surface area contributed by atoms with Crippen molar-refractivity contribution in [3.8, 4) is 0 Å². The van der Waals surface area contributed by atoms with Gasteiger partial charge in [0.1, 0.15) is 5.03 Å². The molecule has 124 valence electrons. The Bertz CT molecular complexity index is 735. The molecule has 0 unspecified atom stereocenters. The van der Waals surface area contributed by atoms with Crippen LogP contribution in [0, 0.1) is 0 Å². The highest BCUT2D eigenvalue weighted by molar-refractivity contribution is 7.99. The van der Waals surface area contributed by atoms with E-state index in [0.29, 0.717) is 11.8 Å². The summed E-state index contributed by atoms with van der Waals surface area (Å²) >= 11 is 0.602. The number of nitrogens with zero attached hydrogens (tertiary/aromatic N) is 2. The Kier molecular flexibility index (Phi) is 4.47. The van der Waals surface area contributed by atoms with E-state index in [1.54, 1.807) is 0 Å². The van der Waals surface area contributed by atoms with Crippen molar-refractivity contribution >= 4 is 18.0 Å². The van der Waals surface area contributed by atoms with Gasteiger partial charge in [-0.1, -0.05) is 17.8 Å². The minimum atomic E-state index is -4.83. The summed E-state index contributed by atoms with van der Waals surface area (Å²) in [5.41, 5.74) is -3.01. The summed E-state index contributed by atoms with van der Waals surface area (Å²) < 4.78 is 77.2. The van der Waals surface area contributed by atoms with Crippen LogP contribution in [-0.4, -0.2) is 16.1 Å². The largest absolute Gasteiger partial charge is 0.435 e. The Labute approximate surface area is 130 Å². The number of alkyl halides is 6. The molecule has 2 rings (SSSR count). The number of halogens is 6. The lowest BCUT2D eigenvalue weighted by Crippen LogP contribution is -2.09. The molecule has 23 heavy (non-hydrogen) atoms. The van der Waals surface area contributed by atoms with Gasteiger partial charge >= 0.3 is 12.4 Å². The second-order valence-electron chi connectivity index (χ2n) is 4.43. The van der Waals surface area contributed by atoms with Crippen molar-refractivity contribution in [2.45, 2.75) is 22.3 Å². The van der Waals surface area contributed by atoms with Gasteiger partial charge in [-0.3, -0.25) is 9.48 Å². The maximum atomic E-state index is 12.8. The van der Waals surface area contributed by atoms with Crippen LogP contribution in [0.25, 0.3) is 0 Å². The van der Waals surface area contributed by atoms with Crippen LogP contribution in [0.4, 0.5) is 26.3 Å². The molecule has 0 bridgehead atoms. The molecule has 0 aliphatic heterocycles. The molecule has 10 heteroatoms. The summed E-state index contributed by atoms with van der Waals surface area (Å²) in [6.45, 7) is 0. The molecule has 1 aromatic carbocycles. The molecule has 0 aliphatic rings. The van der Waals surface area contributed by atoms with Gasteiger partial charge in [-0.25, -0.2) is 0 Å². The summed E-state index contributed by atoms with van der Waals surface area (Å²) in [6, 6.07) is 4.07. The SMILES string of the molecule is Cn1nc(C(F)(F)F)c(C=O)c1Sc1cccc(C(F)(F)F)c1. The van der Waals surface area contributed by atoms with Gasteiger partial charge in [0.25, 0.3) is 0 Å². The minimum absolute atomic E-state index is 0.00817. The average Bonchev–Trinajstić information content (AvgIpc) is 2.75. The van der Waals surface area contributed by atoms with Gasteiger partial charge in [-0.2, -0.15) is 31.4 Å². The zero-order valence-electron chi connectivity index (χ0n) is 11.4. The van der Waals surface area contributed by atoms with Crippen LogP contribution in [0.3, 0.4) is 0 Å². The normalized spacial score (nSPS) is 12.5. The zero-order valence-corrected chi connectivity index (χ0v) is 12.2. The first-order valence-corrected chi connectivity index (χ1v) is 6.80. The fourth-order valence-corrected chi connectivity index (χ4v) is 2.79. The van der Waals surface area contributed by atoms with E-state index in [2.05, 4.69) is 5.10 Å². The van der Waals surface area contributed by atoms with E-state index in [1.165, 1.54) is 13.1 Å². The number of aldehydes is 1. The molecule has 2 aromatic rings. The molecule has 3 nitrogen and oxygen atoms in total. The summed E-state index contributed by atoms with van der Waals surface area (Å²) in [4.78, 5) is 11.0. The fourth-order valence-electron chi connectivity index (χ4n) is 1.81. The summed E-state index contributed by atoms with van der Waals surface area (Å²) in [5, 5.41) is 3.05. The molecule has 0 saturated heterocycles. The van der Waals surface area contributed by atoms with Crippen molar-refractivity contribution in [2.75, 3.05) is 0 Å². The summed E-state index contributed by atoms with van der Waals surface area (Å²) in [6.07, 6.45) is -9.42. The van der Waals surface area contributed by atoms with E-state index in [0.717, 1.165) is 22.9 Å². The highest BCUT2D eigenvalue weighted by Crippen LogP contribution is 2.39. The van der Waals surface area contributed by atoms with E-state index in [1.807, 2.05) is 0 Å². The summed E-state index contributed by atoms with van der Waals surface area (Å²) in [5.74, 6) is 0. The van der Waals surface area contributed by atoms with Crippen LogP contribution in [0.2, 0.25) is 0 Å². The smallest absolute Gasteiger partial charge is 0.298 e. The average molecular weight is 354 g/mol. The van der Waals surface area contributed by atoms with Crippen LogP contribution in [0.15, 0.2) is 34.2 Å². The van der Waals surface area contributed by atoms with E-state index >= 15 is 0 Å². The fraction of sp³-hybridized carbons (Fsp3) is 0.231. The maximum Gasteiger partial charge on any atom is 0.435 e. The van der Waals surface area contributed by atoms with Gasteiger partial charge in [-0.15, -0.1) is 0 Å². The van der Waals surface area contributed by atoms with E-state index < -0.39 is 29.2 Å². The number of aryl methyl sites for hydroxylation is 1. The molecule has 0 N–H and O–H groups in total. The number of benzene rings is 1. The van der Waals surface area contributed by atoms with Crippen LogP contribution < -0.4 is 0 Å². The molecule has 0 saturated carbocycles. The van der Waals surface area contributed by atoms with Crippen molar-refractivity contribution in [3.05, 3.63) is 41.1 Å². The van der Waals surface area contributed by atoms with Crippen LogP contribution >= 0.6 is 11.8 Å². The Morgan fingerprint density at radius 1 is 1.13 bits per heavy atom. The molecular weight excluding hydrogens is 346 g/mol. The Morgan fingerprint density at radius 3 is 2.30 bits per heavy atom. The van der Waals surface area contributed by atoms with Gasteiger partial charge in [0.15, 0.2) is 12.0 Å². The topological polar surface area (TPSA) is 34.9 Å². The standard InChI is InChI=1S/C13H8F6N2OS/c1-21-11(9(6-22)10(20-21)13(17,18)19)23-8-4-2-3-7(5-8)12(14,15)16/h2-6H,1H3. The Morgan fingerprint density at radius 2 is 1.78 bits per heavy atom. The number of aromatic nitrogens is 2. The number of carbonyl (C=O) groups is 1. The lowest BCUT2D eigenvalue weighted by atomic mass is 10.2. The second kappa shape index (κ2) is 5.91. The molecule has 1 heterocycles. The predicted molar refractivity (Wildman–Crippen MR) is 69.2 cm³/mol. The van der Waals surface area contributed by atoms with E-state index in [4.69, 9.17) is 0 Å². The summed E-state index contributed by atoms with van der Waals surface area (Å²) in [7, 11) is 1.18. The van der Waals surface area contributed by atoms with Crippen molar-refractivity contribution in [3.63, 3.8) is 0 Å². The second-order valence-corrected chi connectivity index (χ2v) is 5.50. The third-order valence-electron chi connectivity index (χ3n) is 2.79. The highest BCUT2D eigenvalue weighted by atomic mass is 32.2. The zero-order chi connectivity index (χ0) is 17.4. The minimum Gasteiger partial charge on any atom is -0.298 e. The van der Waals surface area contributed by atoms with Gasteiger partial charge in [0.05, 0.1) is 11.1 Å². The van der Waals surface area contributed by atoms with Gasteiger partial charge in [-0.05, 0) is 18.2 Å². The molecule has 0 amide bonds. The number of carbonyl (C=O) groups excluding carboxylic acids is 1. The van der Waals surface area contributed by atoms with Gasteiger partial charge < -0.3 is 0 Å². The molecule has 1 aromatic heterocycles. The lowest BCUT2D eigenvalue weighted by molar-refractivity contribution is -0.141. The van der Waals surface area contributed by atoms with E-state index in [-0.39, 0.29) is 16.2 Å². The molecular formula is C13H8F6N2OS. The molecule has 0 spiro atoms. The first kappa shape index (κ1) is 17.4. The third kappa shape index (κ3) is 3.69. The third-order valence-corrected chi connectivity index (χ3v) is 3.96. The quantitative estimate of drug-likeness (QED) is 0.605. The highest BCUT2D eigenvalue weighted by Gasteiger charge is 2.39.